The highest BCUT2D eigenvalue weighted by Gasteiger charge is 2.19. The Morgan fingerprint density at radius 2 is 2.12 bits per heavy atom. The van der Waals surface area contributed by atoms with Crippen molar-refractivity contribution in [1.82, 2.24) is 0 Å². The number of hydrogen-bond acceptors (Lipinski definition) is 2. The topological polar surface area (TPSA) is 21.6 Å². The van der Waals surface area contributed by atoms with Gasteiger partial charge in [0.05, 0.1) is 13.2 Å². The summed E-state index contributed by atoms with van der Waals surface area (Å²) in [5.41, 5.74) is 1.13. The SMILES string of the molecule is COc1cccc(C=N[C@H]2CCCC[C@@H]2C)c1. The van der Waals surface area contributed by atoms with Crippen LogP contribution in [-0.2, 0) is 0 Å². The number of hydrogen-bond donors (Lipinski definition) is 0. The average molecular weight is 231 g/mol. The predicted octanol–water partition coefficient (Wildman–Crippen LogP) is 3.69. The van der Waals surface area contributed by atoms with Crippen LogP contribution in [0.1, 0.15) is 38.2 Å². The molecule has 0 aromatic heterocycles. The quantitative estimate of drug-likeness (QED) is 0.727. The third kappa shape index (κ3) is 3.32. The molecule has 17 heavy (non-hydrogen) atoms. The smallest absolute Gasteiger partial charge is 0.119 e. The van der Waals surface area contributed by atoms with E-state index in [4.69, 9.17) is 9.73 Å². The Morgan fingerprint density at radius 3 is 2.88 bits per heavy atom. The molecule has 0 unspecified atom stereocenters. The third-order valence-corrected chi connectivity index (χ3v) is 3.58. The van der Waals surface area contributed by atoms with Crippen LogP contribution in [0.5, 0.6) is 5.75 Å². The zero-order chi connectivity index (χ0) is 12.1. The molecule has 2 nitrogen and oxygen atoms in total. The van der Waals surface area contributed by atoms with Crippen LogP contribution in [-0.4, -0.2) is 19.4 Å². The first-order chi connectivity index (χ1) is 8.29. The molecule has 0 heterocycles. The van der Waals surface area contributed by atoms with Gasteiger partial charge in [0.15, 0.2) is 0 Å². The molecule has 1 aliphatic carbocycles. The number of benzene rings is 1. The summed E-state index contributed by atoms with van der Waals surface area (Å²) in [6, 6.07) is 8.57. The van der Waals surface area contributed by atoms with E-state index in [0.29, 0.717) is 6.04 Å². The number of rotatable bonds is 3. The molecule has 2 rings (SSSR count). The minimum Gasteiger partial charge on any atom is -0.497 e. The molecule has 0 bridgehead atoms. The Bertz CT molecular complexity index is 386. The molecule has 1 aromatic carbocycles. The second kappa shape index (κ2) is 5.85. The fraction of sp³-hybridized carbons (Fsp3) is 0.533. The van der Waals surface area contributed by atoms with Gasteiger partial charge in [-0.25, -0.2) is 0 Å². The normalized spacial score (nSPS) is 25.1. The lowest BCUT2D eigenvalue weighted by molar-refractivity contribution is 0.333. The van der Waals surface area contributed by atoms with Gasteiger partial charge in [0.25, 0.3) is 0 Å². The molecular formula is C15H21NO. The lowest BCUT2D eigenvalue weighted by atomic mass is 9.86. The van der Waals surface area contributed by atoms with Gasteiger partial charge in [-0.05, 0) is 36.5 Å². The van der Waals surface area contributed by atoms with Crippen LogP contribution in [0.4, 0.5) is 0 Å². The maximum atomic E-state index is 5.21. The summed E-state index contributed by atoms with van der Waals surface area (Å²) >= 11 is 0. The summed E-state index contributed by atoms with van der Waals surface area (Å²) in [4.78, 5) is 4.73. The first-order valence-electron chi connectivity index (χ1n) is 6.47. The van der Waals surface area contributed by atoms with E-state index in [0.717, 1.165) is 17.2 Å². The van der Waals surface area contributed by atoms with Gasteiger partial charge >= 0.3 is 0 Å². The van der Waals surface area contributed by atoms with Crippen LogP contribution in [0, 0.1) is 5.92 Å². The van der Waals surface area contributed by atoms with E-state index in [1.807, 2.05) is 24.4 Å². The lowest BCUT2D eigenvalue weighted by Crippen LogP contribution is -2.20. The van der Waals surface area contributed by atoms with E-state index >= 15 is 0 Å². The van der Waals surface area contributed by atoms with Crippen LogP contribution in [0.15, 0.2) is 29.3 Å². The number of methoxy groups -OCH3 is 1. The molecule has 1 fully saturated rings. The van der Waals surface area contributed by atoms with Crippen molar-refractivity contribution in [2.75, 3.05) is 7.11 Å². The van der Waals surface area contributed by atoms with Crippen molar-refractivity contribution in [2.45, 2.75) is 38.6 Å². The summed E-state index contributed by atoms with van der Waals surface area (Å²) in [7, 11) is 1.69. The zero-order valence-corrected chi connectivity index (χ0v) is 10.7. The second-order valence-corrected chi connectivity index (χ2v) is 4.88. The molecule has 1 saturated carbocycles. The van der Waals surface area contributed by atoms with Crippen LogP contribution < -0.4 is 4.74 Å². The molecule has 2 atom stereocenters. The van der Waals surface area contributed by atoms with Crippen molar-refractivity contribution in [3.8, 4) is 5.75 Å². The van der Waals surface area contributed by atoms with Gasteiger partial charge in [0.1, 0.15) is 5.75 Å². The molecule has 1 aromatic rings. The van der Waals surface area contributed by atoms with Crippen molar-refractivity contribution in [2.24, 2.45) is 10.9 Å². The summed E-state index contributed by atoms with van der Waals surface area (Å²) in [5.74, 6) is 1.62. The van der Waals surface area contributed by atoms with Gasteiger partial charge in [-0.2, -0.15) is 0 Å². The van der Waals surface area contributed by atoms with Crippen LogP contribution in [0.25, 0.3) is 0 Å². The first-order valence-corrected chi connectivity index (χ1v) is 6.47. The minimum atomic E-state index is 0.509. The van der Waals surface area contributed by atoms with E-state index in [2.05, 4.69) is 13.0 Å². The van der Waals surface area contributed by atoms with Gasteiger partial charge in [-0.1, -0.05) is 31.9 Å². The first kappa shape index (κ1) is 12.2. The zero-order valence-electron chi connectivity index (χ0n) is 10.7. The highest BCUT2D eigenvalue weighted by molar-refractivity contribution is 5.80. The molecule has 0 aliphatic heterocycles. The number of nitrogens with zero attached hydrogens (tertiary/aromatic N) is 1. The molecule has 2 heteroatoms. The predicted molar refractivity (Wildman–Crippen MR) is 72.0 cm³/mol. The lowest BCUT2D eigenvalue weighted by Gasteiger charge is -2.25. The fourth-order valence-corrected chi connectivity index (χ4v) is 2.42. The molecular weight excluding hydrogens is 210 g/mol. The monoisotopic (exact) mass is 231 g/mol. The van der Waals surface area contributed by atoms with E-state index in [1.54, 1.807) is 7.11 Å². The van der Waals surface area contributed by atoms with Crippen molar-refractivity contribution in [1.29, 1.82) is 0 Å². The van der Waals surface area contributed by atoms with Crippen molar-refractivity contribution in [3.63, 3.8) is 0 Å². The Hall–Kier alpha value is -1.31. The summed E-state index contributed by atoms with van der Waals surface area (Å²) < 4.78 is 5.21. The van der Waals surface area contributed by atoms with E-state index < -0.39 is 0 Å². The minimum absolute atomic E-state index is 0.509. The molecule has 0 radical (unpaired) electrons. The van der Waals surface area contributed by atoms with Crippen LogP contribution in [0.2, 0.25) is 0 Å². The van der Waals surface area contributed by atoms with E-state index in [9.17, 15) is 0 Å². The fourth-order valence-electron chi connectivity index (χ4n) is 2.42. The second-order valence-electron chi connectivity index (χ2n) is 4.88. The van der Waals surface area contributed by atoms with E-state index in [-0.39, 0.29) is 0 Å². The highest BCUT2D eigenvalue weighted by Crippen LogP contribution is 2.26. The maximum Gasteiger partial charge on any atom is 0.119 e. The summed E-state index contributed by atoms with van der Waals surface area (Å²) in [6.07, 6.45) is 7.24. The largest absolute Gasteiger partial charge is 0.497 e. The average Bonchev–Trinajstić information content (AvgIpc) is 2.38. The number of ether oxygens (including phenoxy) is 1. The molecule has 1 aliphatic rings. The van der Waals surface area contributed by atoms with Gasteiger partial charge in [-0.15, -0.1) is 0 Å². The van der Waals surface area contributed by atoms with Crippen LogP contribution >= 0.6 is 0 Å². The van der Waals surface area contributed by atoms with Gasteiger partial charge < -0.3 is 4.74 Å². The molecule has 0 amide bonds. The molecule has 92 valence electrons. The van der Waals surface area contributed by atoms with Crippen LogP contribution in [0.3, 0.4) is 0 Å². The molecule has 0 saturated heterocycles. The molecule has 0 spiro atoms. The van der Waals surface area contributed by atoms with Gasteiger partial charge in [0.2, 0.25) is 0 Å². The Morgan fingerprint density at radius 1 is 1.29 bits per heavy atom. The number of aliphatic imine (C=N–C) groups is 1. The Balaban J connectivity index is 2.03. The third-order valence-electron chi connectivity index (χ3n) is 3.58. The van der Waals surface area contributed by atoms with Gasteiger partial charge in [0, 0.05) is 6.21 Å². The Labute approximate surface area is 104 Å². The van der Waals surface area contributed by atoms with Gasteiger partial charge in [-0.3, -0.25) is 4.99 Å². The van der Waals surface area contributed by atoms with Crippen molar-refractivity contribution in [3.05, 3.63) is 29.8 Å². The molecule has 0 N–H and O–H groups in total. The highest BCUT2D eigenvalue weighted by atomic mass is 16.5. The summed E-state index contributed by atoms with van der Waals surface area (Å²) in [5, 5.41) is 0. The van der Waals surface area contributed by atoms with Crippen molar-refractivity contribution < 1.29 is 4.74 Å². The maximum absolute atomic E-state index is 5.21. The van der Waals surface area contributed by atoms with E-state index in [1.165, 1.54) is 25.7 Å². The Kier molecular flexibility index (Phi) is 4.18. The standard InChI is InChI=1S/C15H21NO/c1-12-6-3-4-9-15(12)16-11-13-7-5-8-14(10-13)17-2/h5,7-8,10-12,15H,3-4,6,9H2,1-2H3/t12-,15-/m0/s1. The summed E-state index contributed by atoms with van der Waals surface area (Å²) in [6.45, 7) is 2.31. The van der Waals surface area contributed by atoms with Crippen molar-refractivity contribution >= 4 is 6.21 Å².